The number of methoxy groups -OCH3 is 1. The Morgan fingerprint density at radius 2 is 1.80 bits per heavy atom. The van der Waals surface area contributed by atoms with E-state index in [9.17, 15) is 9.50 Å². The first-order valence-corrected chi connectivity index (χ1v) is 6.59. The zero-order valence-electron chi connectivity index (χ0n) is 12.0. The minimum Gasteiger partial charge on any atom is -0.497 e. The molecule has 0 aliphatic carbocycles. The normalized spacial score (nSPS) is 12.2. The van der Waals surface area contributed by atoms with Gasteiger partial charge in [0.2, 0.25) is 0 Å². The number of rotatable bonds is 4. The Morgan fingerprint density at radius 3 is 2.40 bits per heavy atom. The first-order valence-electron chi connectivity index (χ1n) is 6.59. The number of hydrogen-bond acceptors (Lipinski definition) is 2. The lowest BCUT2D eigenvalue weighted by Gasteiger charge is -2.17. The summed E-state index contributed by atoms with van der Waals surface area (Å²) in [4.78, 5) is 0. The molecule has 3 heteroatoms. The van der Waals surface area contributed by atoms with Gasteiger partial charge in [0.1, 0.15) is 11.6 Å². The molecule has 0 amide bonds. The van der Waals surface area contributed by atoms with Crippen molar-refractivity contribution in [2.75, 3.05) is 7.11 Å². The van der Waals surface area contributed by atoms with Gasteiger partial charge in [0.25, 0.3) is 0 Å². The van der Waals surface area contributed by atoms with Crippen LogP contribution in [0.2, 0.25) is 0 Å². The van der Waals surface area contributed by atoms with E-state index in [1.54, 1.807) is 7.11 Å². The quantitative estimate of drug-likeness (QED) is 0.920. The van der Waals surface area contributed by atoms with E-state index in [-0.39, 0.29) is 5.82 Å². The van der Waals surface area contributed by atoms with Crippen LogP contribution in [0.5, 0.6) is 5.75 Å². The van der Waals surface area contributed by atoms with Crippen LogP contribution >= 0.6 is 0 Å². The van der Waals surface area contributed by atoms with Crippen LogP contribution in [0.1, 0.15) is 28.4 Å². The molecule has 20 heavy (non-hydrogen) atoms. The molecule has 1 N–H and O–H groups in total. The van der Waals surface area contributed by atoms with Crippen LogP contribution in [-0.2, 0) is 6.42 Å². The molecule has 0 heterocycles. The summed E-state index contributed by atoms with van der Waals surface area (Å²) in [5.41, 5.74) is 3.34. The van der Waals surface area contributed by atoms with Gasteiger partial charge in [0, 0.05) is 6.42 Å². The molecule has 106 valence electrons. The molecule has 0 saturated carbocycles. The van der Waals surface area contributed by atoms with Crippen molar-refractivity contribution in [3.05, 3.63) is 64.5 Å². The Morgan fingerprint density at radius 1 is 1.15 bits per heavy atom. The maximum absolute atomic E-state index is 13.3. The van der Waals surface area contributed by atoms with E-state index >= 15 is 0 Å². The third kappa shape index (κ3) is 3.17. The van der Waals surface area contributed by atoms with Gasteiger partial charge in [0.15, 0.2) is 0 Å². The predicted octanol–water partition coefficient (Wildman–Crippen LogP) is 3.73. The van der Waals surface area contributed by atoms with Gasteiger partial charge in [-0.15, -0.1) is 0 Å². The maximum Gasteiger partial charge on any atom is 0.123 e. The van der Waals surface area contributed by atoms with E-state index in [1.807, 2.05) is 38.1 Å². The van der Waals surface area contributed by atoms with E-state index < -0.39 is 6.10 Å². The summed E-state index contributed by atoms with van der Waals surface area (Å²) in [6.07, 6.45) is -0.174. The highest BCUT2D eigenvalue weighted by Gasteiger charge is 2.15. The van der Waals surface area contributed by atoms with E-state index in [1.165, 1.54) is 12.1 Å². The summed E-state index contributed by atoms with van der Waals surface area (Å²) in [7, 11) is 1.61. The van der Waals surface area contributed by atoms with Gasteiger partial charge in [-0.05, 0) is 60.4 Å². The molecule has 0 fully saturated rings. The molecule has 2 aromatic rings. The number of aliphatic hydroxyl groups is 1. The SMILES string of the molecule is COc1cccc(CC(O)c2c(C)cc(F)cc2C)c1. The summed E-state index contributed by atoms with van der Waals surface area (Å²) in [5, 5.41) is 10.4. The third-order valence-corrected chi connectivity index (χ3v) is 3.45. The lowest BCUT2D eigenvalue weighted by Crippen LogP contribution is -2.07. The molecule has 0 aromatic heterocycles. The van der Waals surface area contributed by atoms with Crippen molar-refractivity contribution in [1.82, 2.24) is 0 Å². The van der Waals surface area contributed by atoms with E-state index in [4.69, 9.17) is 4.74 Å². The highest BCUT2D eigenvalue weighted by molar-refractivity contribution is 5.37. The highest BCUT2D eigenvalue weighted by Crippen LogP contribution is 2.27. The van der Waals surface area contributed by atoms with Crippen molar-refractivity contribution in [2.24, 2.45) is 0 Å². The summed E-state index contributed by atoms with van der Waals surface area (Å²) in [6.45, 7) is 3.64. The topological polar surface area (TPSA) is 29.5 Å². The molecule has 0 radical (unpaired) electrons. The Bertz CT molecular complexity index is 585. The Balaban J connectivity index is 2.26. The number of aliphatic hydroxyl groups excluding tert-OH is 1. The fourth-order valence-electron chi connectivity index (χ4n) is 2.57. The summed E-state index contributed by atoms with van der Waals surface area (Å²) in [6, 6.07) is 10.5. The minimum atomic E-state index is -0.650. The Hall–Kier alpha value is -1.87. The average Bonchev–Trinajstić information content (AvgIpc) is 2.37. The second-order valence-electron chi connectivity index (χ2n) is 5.02. The predicted molar refractivity (Wildman–Crippen MR) is 77.5 cm³/mol. The van der Waals surface area contributed by atoms with Gasteiger partial charge in [-0.25, -0.2) is 4.39 Å². The van der Waals surface area contributed by atoms with Crippen LogP contribution in [0.3, 0.4) is 0 Å². The fraction of sp³-hybridized carbons (Fsp3) is 0.294. The molecule has 0 aliphatic rings. The number of benzene rings is 2. The van der Waals surface area contributed by atoms with Crippen LogP contribution in [0, 0.1) is 19.7 Å². The molecule has 0 saturated heterocycles. The molecular weight excluding hydrogens is 255 g/mol. The molecule has 0 aliphatic heterocycles. The van der Waals surface area contributed by atoms with Crippen molar-refractivity contribution in [3.8, 4) is 5.75 Å². The lowest BCUT2D eigenvalue weighted by atomic mass is 9.93. The van der Waals surface area contributed by atoms with Crippen LogP contribution in [-0.4, -0.2) is 12.2 Å². The molecular formula is C17H19FO2. The van der Waals surface area contributed by atoms with Crippen molar-refractivity contribution in [3.63, 3.8) is 0 Å². The summed E-state index contributed by atoms with van der Waals surface area (Å²) in [5.74, 6) is 0.500. The molecule has 1 atom stereocenters. The number of halogens is 1. The van der Waals surface area contributed by atoms with Crippen LogP contribution in [0.15, 0.2) is 36.4 Å². The summed E-state index contributed by atoms with van der Waals surface area (Å²) < 4.78 is 18.5. The first kappa shape index (κ1) is 14.5. The molecule has 1 unspecified atom stereocenters. The molecule has 2 nitrogen and oxygen atoms in total. The zero-order valence-corrected chi connectivity index (χ0v) is 12.0. The Labute approximate surface area is 118 Å². The average molecular weight is 274 g/mol. The minimum absolute atomic E-state index is 0.266. The largest absolute Gasteiger partial charge is 0.497 e. The van der Waals surface area contributed by atoms with Crippen LogP contribution in [0.25, 0.3) is 0 Å². The van der Waals surface area contributed by atoms with Gasteiger partial charge in [-0.3, -0.25) is 0 Å². The Kier molecular flexibility index (Phi) is 4.40. The van der Waals surface area contributed by atoms with Gasteiger partial charge in [0.05, 0.1) is 13.2 Å². The van der Waals surface area contributed by atoms with E-state index in [0.29, 0.717) is 6.42 Å². The smallest absolute Gasteiger partial charge is 0.123 e. The third-order valence-electron chi connectivity index (χ3n) is 3.45. The van der Waals surface area contributed by atoms with Crippen molar-refractivity contribution >= 4 is 0 Å². The second-order valence-corrected chi connectivity index (χ2v) is 5.02. The summed E-state index contributed by atoms with van der Waals surface area (Å²) >= 11 is 0. The maximum atomic E-state index is 13.3. The van der Waals surface area contributed by atoms with E-state index in [0.717, 1.165) is 28.0 Å². The molecule has 2 aromatic carbocycles. The van der Waals surface area contributed by atoms with Crippen LogP contribution < -0.4 is 4.74 Å². The van der Waals surface area contributed by atoms with Gasteiger partial charge >= 0.3 is 0 Å². The first-order chi connectivity index (χ1) is 9.51. The molecule has 2 rings (SSSR count). The fourth-order valence-corrected chi connectivity index (χ4v) is 2.57. The number of hydrogen-bond donors (Lipinski definition) is 1. The highest BCUT2D eigenvalue weighted by atomic mass is 19.1. The van der Waals surface area contributed by atoms with Gasteiger partial charge < -0.3 is 9.84 Å². The van der Waals surface area contributed by atoms with Gasteiger partial charge in [-0.2, -0.15) is 0 Å². The lowest BCUT2D eigenvalue weighted by molar-refractivity contribution is 0.177. The van der Waals surface area contributed by atoms with Crippen molar-refractivity contribution in [1.29, 1.82) is 0 Å². The number of ether oxygens (including phenoxy) is 1. The molecule has 0 bridgehead atoms. The van der Waals surface area contributed by atoms with E-state index in [2.05, 4.69) is 0 Å². The van der Waals surface area contributed by atoms with Crippen LogP contribution in [0.4, 0.5) is 4.39 Å². The standard InChI is InChI=1S/C17H19FO2/c1-11-7-14(18)8-12(2)17(11)16(19)10-13-5-4-6-15(9-13)20-3/h4-9,16,19H,10H2,1-3H3. The molecule has 0 spiro atoms. The number of aryl methyl sites for hydroxylation is 2. The second kappa shape index (κ2) is 6.06. The van der Waals surface area contributed by atoms with Crippen molar-refractivity contribution < 1.29 is 14.2 Å². The monoisotopic (exact) mass is 274 g/mol. The zero-order chi connectivity index (χ0) is 14.7. The van der Waals surface area contributed by atoms with Crippen molar-refractivity contribution in [2.45, 2.75) is 26.4 Å². The van der Waals surface area contributed by atoms with Gasteiger partial charge in [-0.1, -0.05) is 12.1 Å².